The van der Waals surface area contributed by atoms with Gasteiger partial charge in [0.05, 0.1) is 6.54 Å². The fourth-order valence-corrected chi connectivity index (χ4v) is 3.46. The fourth-order valence-electron chi connectivity index (χ4n) is 3.08. The van der Waals surface area contributed by atoms with E-state index in [1.165, 1.54) is 18.2 Å². The lowest BCUT2D eigenvalue weighted by Gasteiger charge is -2.10. The molecule has 10 nitrogen and oxygen atoms in total. The number of para-hydroxylation sites is 1. The lowest BCUT2D eigenvalue weighted by Crippen LogP contribution is -2.23. The summed E-state index contributed by atoms with van der Waals surface area (Å²) in [6.45, 7) is 0.270. The Labute approximate surface area is 194 Å². The van der Waals surface area contributed by atoms with Gasteiger partial charge in [0.15, 0.2) is 11.6 Å². The van der Waals surface area contributed by atoms with Crippen molar-refractivity contribution in [2.24, 2.45) is 0 Å². The minimum absolute atomic E-state index is 0.0584. The maximum absolute atomic E-state index is 12.9. The van der Waals surface area contributed by atoms with E-state index in [1.807, 2.05) is 12.1 Å². The number of carbonyl (C=O) groups excluding carboxylic acids is 1. The molecule has 0 aliphatic rings. The molecule has 4 aromatic rings. The van der Waals surface area contributed by atoms with Crippen LogP contribution in [0.1, 0.15) is 21.7 Å². The van der Waals surface area contributed by atoms with Crippen molar-refractivity contribution in [2.45, 2.75) is 13.1 Å². The number of aromatic nitrogens is 4. The van der Waals surface area contributed by atoms with Gasteiger partial charge in [0.2, 0.25) is 0 Å². The fraction of sp³-hybridized carbons (Fsp3) is 0.0909. The molecule has 0 aliphatic carbocycles. The molecule has 0 unspecified atom stereocenters. The Morgan fingerprint density at radius 1 is 1.03 bits per heavy atom. The minimum atomic E-state index is -5.18. The highest BCUT2D eigenvalue weighted by molar-refractivity contribution is 7.81. The number of carbonyl (C=O) groups is 1. The predicted molar refractivity (Wildman–Crippen MR) is 122 cm³/mol. The van der Waals surface area contributed by atoms with Crippen LogP contribution < -0.4 is 14.8 Å². The number of rotatable bonds is 9. The first-order valence-electron chi connectivity index (χ1n) is 10.0. The number of benzene rings is 2. The third-order valence-corrected chi connectivity index (χ3v) is 5.04. The summed E-state index contributed by atoms with van der Waals surface area (Å²) in [6, 6.07) is 16.4. The van der Waals surface area contributed by atoms with E-state index in [2.05, 4.69) is 35.0 Å². The first-order valence-corrected chi connectivity index (χ1v) is 11.3. The molecule has 4 rings (SSSR count). The van der Waals surface area contributed by atoms with Gasteiger partial charge in [0, 0.05) is 41.3 Å². The molecule has 2 aromatic heterocycles. The van der Waals surface area contributed by atoms with E-state index in [1.54, 1.807) is 42.7 Å². The van der Waals surface area contributed by atoms with Gasteiger partial charge in [-0.3, -0.25) is 14.9 Å². The van der Waals surface area contributed by atoms with Gasteiger partial charge in [-0.2, -0.15) is 13.5 Å². The highest BCUT2D eigenvalue weighted by Gasteiger charge is 2.14. The number of anilines is 1. The number of nitrogens with zero attached hydrogens (tertiary/aromatic N) is 3. The maximum Gasteiger partial charge on any atom is 0.488 e. The quantitative estimate of drug-likeness (QED) is 0.310. The zero-order valence-corrected chi connectivity index (χ0v) is 18.4. The van der Waals surface area contributed by atoms with Crippen molar-refractivity contribution in [1.82, 2.24) is 25.5 Å². The number of amides is 1. The van der Waals surface area contributed by atoms with Crippen LogP contribution in [-0.4, -0.2) is 34.5 Å². The molecule has 2 aromatic carbocycles. The van der Waals surface area contributed by atoms with Crippen LogP contribution in [0, 0.1) is 0 Å². The van der Waals surface area contributed by atoms with Crippen molar-refractivity contribution in [3.05, 3.63) is 90.0 Å². The topological polar surface area (TPSA) is 139 Å². The van der Waals surface area contributed by atoms with Crippen LogP contribution in [0.15, 0.2) is 73.1 Å². The number of hydrogen-bond donors (Lipinski definition) is 3. The van der Waals surface area contributed by atoms with Crippen LogP contribution >= 0.6 is 0 Å². The van der Waals surface area contributed by atoms with Crippen LogP contribution in [0.2, 0.25) is 0 Å². The molecule has 174 valence electrons. The zero-order chi connectivity index (χ0) is 24.0. The average Bonchev–Trinajstić information content (AvgIpc) is 3.31. The second kappa shape index (κ2) is 10.1. The number of aromatic amines is 1. The lowest BCUT2D eigenvalue weighted by molar-refractivity contribution is 0.0951. The molecule has 3 N–H and O–H groups in total. The van der Waals surface area contributed by atoms with E-state index >= 15 is 0 Å². The summed E-state index contributed by atoms with van der Waals surface area (Å²) in [6.07, 6.45) is 3.34. The molecular formula is C22H19FN6O4S. The van der Waals surface area contributed by atoms with E-state index in [0.717, 1.165) is 5.56 Å². The Hall–Kier alpha value is -4.32. The molecule has 34 heavy (non-hydrogen) atoms. The minimum Gasteiger partial charge on any atom is -0.378 e. The van der Waals surface area contributed by atoms with Crippen LogP contribution in [0.5, 0.6) is 5.75 Å². The number of nitrogens with one attached hydrogen (secondary N) is 3. The van der Waals surface area contributed by atoms with E-state index < -0.39 is 16.4 Å². The van der Waals surface area contributed by atoms with E-state index in [9.17, 15) is 17.1 Å². The predicted octanol–water partition coefficient (Wildman–Crippen LogP) is 3.00. The second-order valence-electron chi connectivity index (χ2n) is 7.04. The molecule has 0 saturated heterocycles. The Morgan fingerprint density at radius 3 is 2.62 bits per heavy atom. The molecular weight excluding hydrogens is 463 g/mol. The maximum atomic E-state index is 12.9. The Bertz CT molecular complexity index is 1400. The Balaban J connectivity index is 1.37. The Morgan fingerprint density at radius 2 is 1.82 bits per heavy atom. The Kier molecular flexibility index (Phi) is 6.78. The molecule has 0 saturated carbocycles. The van der Waals surface area contributed by atoms with Crippen LogP contribution in [0.25, 0.3) is 11.4 Å². The molecule has 12 heteroatoms. The van der Waals surface area contributed by atoms with Crippen molar-refractivity contribution >= 4 is 22.1 Å². The molecule has 0 radical (unpaired) electrons. The molecule has 0 fully saturated rings. The second-order valence-corrected chi connectivity index (χ2v) is 7.99. The summed E-state index contributed by atoms with van der Waals surface area (Å²) in [5, 5.41) is 12.9. The van der Waals surface area contributed by atoms with Crippen molar-refractivity contribution in [3.63, 3.8) is 0 Å². The van der Waals surface area contributed by atoms with Crippen molar-refractivity contribution < 1.29 is 21.3 Å². The normalized spacial score (nSPS) is 11.1. The number of H-pyrrole nitrogens is 1. The molecule has 1 amide bonds. The van der Waals surface area contributed by atoms with Gasteiger partial charge in [-0.1, -0.05) is 28.2 Å². The van der Waals surface area contributed by atoms with Gasteiger partial charge in [0.1, 0.15) is 5.75 Å². The van der Waals surface area contributed by atoms with Gasteiger partial charge in [0.25, 0.3) is 5.91 Å². The van der Waals surface area contributed by atoms with Gasteiger partial charge >= 0.3 is 10.5 Å². The van der Waals surface area contributed by atoms with Crippen molar-refractivity contribution in [1.29, 1.82) is 0 Å². The summed E-state index contributed by atoms with van der Waals surface area (Å²) in [5.41, 5.74) is 2.22. The number of pyridine rings is 1. The third kappa shape index (κ3) is 6.13. The smallest absolute Gasteiger partial charge is 0.378 e. The standard InChI is InChI=1S/C22H19FN6O4S/c23-34(31,32)33-19-7-2-1-4-17(19)13-26-22(30)16-5-3-6-18(12-16)25-14-20-27-21(29-28-20)15-8-10-24-11-9-15/h1-12,25H,13-14H2,(H,26,30)(H,27,28,29). The largest absolute Gasteiger partial charge is 0.488 e. The van der Waals surface area contributed by atoms with E-state index in [4.69, 9.17) is 0 Å². The first kappa shape index (κ1) is 22.9. The van der Waals surface area contributed by atoms with Crippen LogP contribution in [0.4, 0.5) is 9.57 Å². The third-order valence-electron chi connectivity index (χ3n) is 4.66. The molecule has 2 heterocycles. The van der Waals surface area contributed by atoms with Gasteiger partial charge < -0.3 is 14.8 Å². The van der Waals surface area contributed by atoms with Crippen molar-refractivity contribution in [3.8, 4) is 17.1 Å². The number of halogens is 1. The summed E-state index contributed by atoms with van der Waals surface area (Å²) in [5.74, 6) is 0.566. The van der Waals surface area contributed by atoms with Crippen LogP contribution in [-0.2, 0) is 23.6 Å². The molecule has 0 atom stereocenters. The average molecular weight is 482 g/mol. The first-order chi connectivity index (χ1) is 16.4. The zero-order valence-electron chi connectivity index (χ0n) is 17.6. The molecule has 0 spiro atoms. The SMILES string of the molecule is O=C(NCc1ccccc1OS(=O)(=O)F)c1cccc(NCc2n[nH]c(-c3ccncc3)n2)c1. The van der Waals surface area contributed by atoms with Crippen molar-refractivity contribution in [2.75, 3.05) is 5.32 Å². The van der Waals surface area contributed by atoms with E-state index in [0.29, 0.717) is 35.0 Å². The number of hydrogen-bond acceptors (Lipinski definition) is 8. The summed E-state index contributed by atoms with van der Waals surface area (Å²) in [7, 11) is -5.18. The summed E-state index contributed by atoms with van der Waals surface area (Å²) < 4.78 is 38.8. The van der Waals surface area contributed by atoms with Gasteiger partial charge in [-0.05, 0) is 36.4 Å². The molecule has 0 bridgehead atoms. The monoisotopic (exact) mass is 482 g/mol. The van der Waals surface area contributed by atoms with Gasteiger partial charge in [-0.15, -0.1) is 0 Å². The highest BCUT2D eigenvalue weighted by Crippen LogP contribution is 2.20. The lowest BCUT2D eigenvalue weighted by atomic mass is 10.1. The highest BCUT2D eigenvalue weighted by atomic mass is 32.3. The summed E-state index contributed by atoms with van der Waals surface area (Å²) in [4.78, 5) is 21.0. The summed E-state index contributed by atoms with van der Waals surface area (Å²) >= 11 is 0. The van der Waals surface area contributed by atoms with Gasteiger partial charge in [-0.25, -0.2) is 4.98 Å². The van der Waals surface area contributed by atoms with Crippen LogP contribution in [0.3, 0.4) is 0 Å². The van der Waals surface area contributed by atoms with E-state index in [-0.39, 0.29) is 12.3 Å². The molecule has 0 aliphatic heterocycles.